The summed E-state index contributed by atoms with van der Waals surface area (Å²) >= 11 is 0. The van der Waals surface area contributed by atoms with Gasteiger partial charge in [0, 0.05) is 40.2 Å². The zero-order valence-electron chi connectivity index (χ0n) is 16.5. The third-order valence-electron chi connectivity index (χ3n) is 3.99. The van der Waals surface area contributed by atoms with Gasteiger partial charge in [-0.2, -0.15) is 0 Å². The first-order chi connectivity index (χ1) is 12.0. The number of guanidine groups is 1. The molecule has 26 heavy (non-hydrogen) atoms. The van der Waals surface area contributed by atoms with E-state index in [2.05, 4.69) is 34.7 Å². The van der Waals surface area contributed by atoms with E-state index in [9.17, 15) is 4.79 Å². The Morgan fingerprint density at radius 2 is 1.88 bits per heavy atom. The van der Waals surface area contributed by atoms with Crippen LogP contribution in [0, 0.1) is 0 Å². The van der Waals surface area contributed by atoms with Crippen LogP contribution in [0.5, 0.6) is 5.75 Å². The Morgan fingerprint density at radius 3 is 2.42 bits per heavy atom. The highest BCUT2D eigenvalue weighted by molar-refractivity contribution is 14.0. The standard InChI is InChI=1S/C19H32N4O2.HI/c1-6-20-19(22-14-12-18(24)23(3)4)21-13-11-15(2)16-7-9-17(25-5)10-8-16;/h7-10,15H,6,11-14H2,1-5H3,(H2,20,21,22);1H. The smallest absolute Gasteiger partial charge is 0.223 e. The lowest BCUT2D eigenvalue weighted by Crippen LogP contribution is -2.39. The SMILES string of the molecule is CCNC(=NCCC(C)c1ccc(OC)cc1)NCCC(=O)N(C)C.I. The molecule has 0 saturated carbocycles. The number of nitrogens with one attached hydrogen (secondary N) is 2. The third-order valence-corrected chi connectivity index (χ3v) is 3.99. The van der Waals surface area contributed by atoms with E-state index in [4.69, 9.17) is 4.74 Å². The van der Waals surface area contributed by atoms with E-state index in [-0.39, 0.29) is 29.9 Å². The predicted octanol–water partition coefficient (Wildman–Crippen LogP) is 2.84. The fourth-order valence-corrected chi connectivity index (χ4v) is 2.32. The quantitative estimate of drug-likeness (QED) is 0.327. The van der Waals surface area contributed by atoms with Gasteiger partial charge in [0.15, 0.2) is 5.96 Å². The van der Waals surface area contributed by atoms with Gasteiger partial charge in [0.1, 0.15) is 5.75 Å². The maximum Gasteiger partial charge on any atom is 0.223 e. The molecule has 2 N–H and O–H groups in total. The Kier molecular flexibility index (Phi) is 12.9. The van der Waals surface area contributed by atoms with Gasteiger partial charge in [-0.3, -0.25) is 9.79 Å². The second kappa shape index (κ2) is 13.7. The minimum Gasteiger partial charge on any atom is -0.497 e. The van der Waals surface area contributed by atoms with Crippen molar-refractivity contribution < 1.29 is 9.53 Å². The van der Waals surface area contributed by atoms with Gasteiger partial charge in [0.05, 0.1) is 7.11 Å². The second-order valence-electron chi connectivity index (χ2n) is 6.19. The fraction of sp³-hybridized carbons (Fsp3) is 0.579. The van der Waals surface area contributed by atoms with E-state index in [1.54, 1.807) is 26.1 Å². The molecule has 1 atom stereocenters. The van der Waals surface area contributed by atoms with Crippen LogP contribution < -0.4 is 15.4 Å². The normalized spacial score (nSPS) is 12.0. The molecule has 1 rings (SSSR count). The molecule has 1 aromatic rings. The summed E-state index contributed by atoms with van der Waals surface area (Å²) in [7, 11) is 5.21. The van der Waals surface area contributed by atoms with Gasteiger partial charge >= 0.3 is 0 Å². The number of hydrogen-bond donors (Lipinski definition) is 2. The number of aliphatic imine (C=N–C) groups is 1. The largest absolute Gasteiger partial charge is 0.497 e. The van der Waals surface area contributed by atoms with Crippen LogP contribution >= 0.6 is 24.0 Å². The zero-order valence-corrected chi connectivity index (χ0v) is 18.9. The topological polar surface area (TPSA) is 66.0 Å². The van der Waals surface area contributed by atoms with Crippen LogP contribution in [0.3, 0.4) is 0 Å². The van der Waals surface area contributed by atoms with Crippen molar-refractivity contribution in [3.8, 4) is 5.75 Å². The maximum absolute atomic E-state index is 11.6. The molecule has 148 valence electrons. The first-order valence-electron chi connectivity index (χ1n) is 8.84. The van der Waals surface area contributed by atoms with Crippen LogP contribution in [0.25, 0.3) is 0 Å². The number of methoxy groups -OCH3 is 1. The van der Waals surface area contributed by atoms with Crippen LogP contribution in [0.1, 0.15) is 38.2 Å². The molecule has 0 saturated heterocycles. The van der Waals surface area contributed by atoms with Crippen LogP contribution in [0.4, 0.5) is 0 Å². The number of carbonyl (C=O) groups is 1. The first-order valence-corrected chi connectivity index (χ1v) is 8.84. The highest BCUT2D eigenvalue weighted by atomic mass is 127. The van der Waals surface area contributed by atoms with Crippen molar-refractivity contribution >= 4 is 35.8 Å². The summed E-state index contributed by atoms with van der Waals surface area (Å²) in [6, 6.07) is 8.18. The fourth-order valence-electron chi connectivity index (χ4n) is 2.32. The molecule has 0 fully saturated rings. The van der Waals surface area contributed by atoms with E-state index in [0.717, 1.165) is 31.2 Å². The van der Waals surface area contributed by atoms with Gasteiger partial charge in [0.25, 0.3) is 0 Å². The molecule has 0 spiro atoms. The van der Waals surface area contributed by atoms with Gasteiger partial charge in [-0.15, -0.1) is 24.0 Å². The van der Waals surface area contributed by atoms with E-state index < -0.39 is 0 Å². The van der Waals surface area contributed by atoms with Crippen molar-refractivity contribution in [3.05, 3.63) is 29.8 Å². The molecule has 7 heteroatoms. The summed E-state index contributed by atoms with van der Waals surface area (Å²) < 4.78 is 5.19. The molecule has 0 aliphatic heterocycles. The first kappa shape index (κ1) is 24.5. The van der Waals surface area contributed by atoms with Crippen LogP contribution in [-0.2, 0) is 4.79 Å². The highest BCUT2D eigenvalue weighted by Gasteiger charge is 2.07. The van der Waals surface area contributed by atoms with Gasteiger partial charge in [0.2, 0.25) is 5.91 Å². The van der Waals surface area contributed by atoms with Crippen LogP contribution in [-0.4, -0.2) is 57.6 Å². The Bertz CT molecular complexity index is 547. The predicted molar refractivity (Wildman–Crippen MR) is 119 cm³/mol. The van der Waals surface area contributed by atoms with Crippen molar-refractivity contribution in [3.63, 3.8) is 0 Å². The highest BCUT2D eigenvalue weighted by Crippen LogP contribution is 2.21. The summed E-state index contributed by atoms with van der Waals surface area (Å²) in [5.41, 5.74) is 1.28. The summed E-state index contributed by atoms with van der Waals surface area (Å²) in [5.74, 6) is 2.17. The van der Waals surface area contributed by atoms with Gasteiger partial charge in [-0.05, 0) is 37.0 Å². The van der Waals surface area contributed by atoms with Crippen molar-refractivity contribution in [2.45, 2.75) is 32.6 Å². The lowest BCUT2D eigenvalue weighted by molar-refractivity contribution is -0.128. The molecule has 0 bridgehead atoms. The van der Waals surface area contributed by atoms with Crippen molar-refractivity contribution in [2.24, 2.45) is 4.99 Å². The number of hydrogen-bond acceptors (Lipinski definition) is 3. The monoisotopic (exact) mass is 476 g/mol. The maximum atomic E-state index is 11.6. The van der Waals surface area contributed by atoms with E-state index in [0.29, 0.717) is 18.9 Å². The second-order valence-corrected chi connectivity index (χ2v) is 6.19. The van der Waals surface area contributed by atoms with Crippen molar-refractivity contribution in [2.75, 3.05) is 40.8 Å². The van der Waals surface area contributed by atoms with Gasteiger partial charge in [-0.1, -0.05) is 19.1 Å². The number of amides is 1. The number of ether oxygens (including phenoxy) is 1. The zero-order chi connectivity index (χ0) is 18.7. The van der Waals surface area contributed by atoms with Crippen molar-refractivity contribution in [1.29, 1.82) is 0 Å². The molecule has 0 heterocycles. The van der Waals surface area contributed by atoms with Crippen molar-refractivity contribution in [1.82, 2.24) is 15.5 Å². The lowest BCUT2D eigenvalue weighted by Gasteiger charge is -2.14. The molecule has 1 aromatic carbocycles. The Morgan fingerprint density at radius 1 is 1.23 bits per heavy atom. The minimum absolute atomic E-state index is 0. The van der Waals surface area contributed by atoms with E-state index >= 15 is 0 Å². The minimum atomic E-state index is 0. The summed E-state index contributed by atoms with van der Waals surface area (Å²) in [4.78, 5) is 17.8. The average Bonchev–Trinajstić information content (AvgIpc) is 2.61. The van der Waals surface area contributed by atoms with E-state index in [1.807, 2.05) is 19.1 Å². The number of carbonyl (C=O) groups excluding carboxylic acids is 1. The Balaban J connectivity index is 0.00000625. The van der Waals surface area contributed by atoms with E-state index in [1.165, 1.54) is 5.56 Å². The average molecular weight is 476 g/mol. The molecule has 0 aromatic heterocycles. The number of halogens is 1. The molecule has 6 nitrogen and oxygen atoms in total. The number of rotatable bonds is 9. The molecular formula is C19H33IN4O2. The van der Waals surface area contributed by atoms with Gasteiger partial charge < -0.3 is 20.3 Å². The molecule has 1 amide bonds. The molecule has 0 aliphatic rings. The summed E-state index contributed by atoms with van der Waals surface area (Å²) in [6.45, 7) is 6.33. The summed E-state index contributed by atoms with van der Waals surface area (Å²) in [5, 5.41) is 6.42. The lowest BCUT2D eigenvalue weighted by atomic mass is 9.98. The Hall–Kier alpha value is -1.51. The molecule has 0 aliphatic carbocycles. The van der Waals surface area contributed by atoms with Crippen LogP contribution in [0.2, 0.25) is 0 Å². The molecular weight excluding hydrogens is 443 g/mol. The summed E-state index contributed by atoms with van der Waals surface area (Å²) in [6.07, 6.45) is 1.42. The number of benzene rings is 1. The van der Waals surface area contributed by atoms with Crippen LogP contribution in [0.15, 0.2) is 29.3 Å². The third kappa shape index (κ3) is 9.26. The van der Waals surface area contributed by atoms with Gasteiger partial charge in [-0.25, -0.2) is 0 Å². The Labute approximate surface area is 174 Å². The number of nitrogens with zero attached hydrogens (tertiary/aromatic N) is 2. The molecule has 1 unspecified atom stereocenters. The molecule has 0 radical (unpaired) electrons.